The highest BCUT2D eigenvalue weighted by atomic mass is 32.2. The normalized spacial score (nSPS) is 16.9. The minimum absolute atomic E-state index is 0.0486. The molecule has 3 heterocycles. The van der Waals surface area contributed by atoms with Crippen LogP contribution < -0.4 is 10.2 Å². The molecule has 3 aromatic rings. The van der Waals surface area contributed by atoms with Gasteiger partial charge in [-0.25, -0.2) is 9.97 Å². The second-order valence-corrected chi connectivity index (χ2v) is 8.39. The molecule has 1 aromatic carbocycles. The number of nitrogens with zero attached hydrogens (tertiary/aromatic N) is 3. The summed E-state index contributed by atoms with van der Waals surface area (Å²) in [5.74, 6) is 1.79. The summed E-state index contributed by atoms with van der Waals surface area (Å²) in [4.78, 5) is 25.0. The van der Waals surface area contributed by atoms with Crippen LogP contribution in [0, 0.1) is 19.8 Å². The van der Waals surface area contributed by atoms with Crippen LogP contribution in [0.25, 0.3) is 11.1 Å². The number of benzene rings is 1. The maximum atomic E-state index is 12.8. The van der Waals surface area contributed by atoms with Crippen LogP contribution in [0.4, 0.5) is 5.82 Å². The van der Waals surface area contributed by atoms with Crippen molar-refractivity contribution in [3.63, 3.8) is 0 Å². The van der Waals surface area contributed by atoms with E-state index in [2.05, 4.69) is 50.7 Å². The summed E-state index contributed by atoms with van der Waals surface area (Å²) in [6.45, 7) is 6.08. The van der Waals surface area contributed by atoms with Gasteiger partial charge in [0.2, 0.25) is 11.6 Å². The number of amides is 1. The maximum absolute atomic E-state index is 12.8. The first kappa shape index (κ1) is 19.8. The van der Waals surface area contributed by atoms with E-state index in [1.807, 2.05) is 13.8 Å². The van der Waals surface area contributed by atoms with Gasteiger partial charge in [-0.2, -0.15) is 0 Å². The topological polar surface area (TPSA) is 71.3 Å². The Morgan fingerprint density at radius 3 is 2.83 bits per heavy atom. The molecule has 1 atom stereocenters. The Morgan fingerprint density at radius 2 is 2.07 bits per heavy atom. The minimum Gasteiger partial charge on any atom is -0.443 e. The highest BCUT2D eigenvalue weighted by molar-refractivity contribution is 7.98. The molecule has 1 amide bonds. The van der Waals surface area contributed by atoms with Gasteiger partial charge in [0, 0.05) is 30.1 Å². The predicted molar refractivity (Wildman–Crippen MR) is 116 cm³/mol. The molecule has 1 aliphatic heterocycles. The fourth-order valence-electron chi connectivity index (χ4n) is 3.86. The van der Waals surface area contributed by atoms with Crippen LogP contribution in [-0.4, -0.2) is 35.2 Å². The van der Waals surface area contributed by atoms with E-state index >= 15 is 0 Å². The molecular formula is C22H26N4O2S. The summed E-state index contributed by atoms with van der Waals surface area (Å²) in [5, 5.41) is 4.07. The molecule has 2 aromatic heterocycles. The summed E-state index contributed by atoms with van der Waals surface area (Å²) >= 11 is 1.72. The molecule has 152 valence electrons. The van der Waals surface area contributed by atoms with Gasteiger partial charge in [-0.1, -0.05) is 12.1 Å². The Labute approximate surface area is 175 Å². The van der Waals surface area contributed by atoms with Crippen molar-refractivity contribution in [3.8, 4) is 0 Å². The Hall–Kier alpha value is -2.54. The van der Waals surface area contributed by atoms with Gasteiger partial charge < -0.3 is 14.6 Å². The number of hydrogen-bond donors (Lipinski definition) is 1. The van der Waals surface area contributed by atoms with Crippen LogP contribution in [0.15, 0.2) is 39.9 Å². The van der Waals surface area contributed by atoms with Crippen LogP contribution in [-0.2, 0) is 11.3 Å². The van der Waals surface area contributed by atoms with Crippen molar-refractivity contribution >= 4 is 34.6 Å². The van der Waals surface area contributed by atoms with Crippen molar-refractivity contribution in [2.75, 3.05) is 24.2 Å². The van der Waals surface area contributed by atoms with Crippen LogP contribution in [0.1, 0.15) is 29.7 Å². The molecule has 0 aliphatic carbocycles. The average molecular weight is 411 g/mol. The number of hydrogen-bond acceptors (Lipinski definition) is 6. The van der Waals surface area contributed by atoms with E-state index in [9.17, 15) is 4.79 Å². The summed E-state index contributed by atoms with van der Waals surface area (Å²) in [6.07, 6.45) is 5.46. The molecule has 4 rings (SSSR count). The first-order chi connectivity index (χ1) is 14.1. The zero-order valence-corrected chi connectivity index (χ0v) is 17.9. The molecule has 0 saturated carbocycles. The van der Waals surface area contributed by atoms with Crippen LogP contribution >= 0.6 is 11.8 Å². The number of furan rings is 1. The van der Waals surface area contributed by atoms with Crippen molar-refractivity contribution in [1.82, 2.24) is 15.3 Å². The number of carbonyl (C=O) groups excluding carboxylic acids is 1. The van der Waals surface area contributed by atoms with Crippen molar-refractivity contribution < 1.29 is 9.21 Å². The SMILES string of the molecule is CSc1ccc(CNC(=O)C2CCCN(c3ncnc4oc(C)c(C)c34)C2)cc1. The summed E-state index contributed by atoms with van der Waals surface area (Å²) in [7, 11) is 0. The number of anilines is 1. The van der Waals surface area contributed by atoms with E-state index < -0.39 is 0 Å². The Bertz CT molecular complexity index is 1020. The second kappa shape index (κ2) is 8.45. The molecule has 1 fully saturated rings. The van der Waals surface area contributed by atoms with Crippen LogP contribution in [0.3, 0.4) is 0 Å². The van der Waals surface area contributed by atoms with E-state index in [-0.39, 0.29) is 11.8 Å². The lowest BCUT2D eigenvalue weighted by molar-refractivity contribution is -0.125. The van der Waals surface area contributed by atoms with E-state index in [0.717, 1.165) is 47.5 Å². The molecule has 0 spiro atoms. The quantitative estimate of drug-likeness (QED) is 0.639. The summed E-state index contributed by atoms with van der Waals surface area (Å²) in [6, 6.07) is 8.32. The molecule has 7 heteroatoms. The van der Waals surface area contributed by atoms with Gasteiger partial charge in [-0.05, 0) is 50.6 Å². The number of fused-ring (bicyclic) bond motifs is 1. The van der Waals surface area contributed by atoms with Gasteiger partial charge >= 0.3 is 0 Å². The zero-order chi connectivity index (χ0) is 20.4. The Balaban J connectivity index is 1.45. The van der Waals surface area contributed by atoms with Crippen molar-refractivity contribution in [3.05, 3.63) is 47.5 Å². The van der Waals surface area contributed by atoms with Gasteiger partial charge in [0.15, 0.2) is 0 Å². The average Bonchev–Trinajstić information content (AvgIpc) is 3.06. The Kier molecular flexibility index (Phi) is 5.76. The molecule has 1 N–H and O–H groups in total. The van der Waals surface area contributed by atoms with Crippen molar-refractivity contribution in [2.45, 2.75) is 38.1 Å². The molecule has 6 nitrogen and oxygen atoms in total. The second-order valence-electron chi connectivity index (χ2n) is 7.51. The van der Waals surface area contributed by atoms with E-state index in [0.29, 0.717) is 18.8 Å². The fraction of sp³-hybridized carbons (Fsp3) is 0.409. The van der Waals surface area contributed by atoms with Crippen LogP contribution in [0.5, 0.6) is 0 Å². The van der Waals surface area contributed by atoms with E-state index in [1.165, 1.54) is 4.90 Å². The van der Waals surface area contributed by atoms with E-state index in [4.69, 9.17) is 4.42 Å². The van der Waals surface area contributed by atoms with Gasteiger partial charge in [-0.3, -0.25) is 4.79 Å². The number of thioether (sulfide) groups is 1. The first-order valence-corrected chi connectivity index (χ1v) is 11.2. The third-order valence-corrected chi connectivity index (χ3v) is 6.41. The van der Waals surface area contributed by atoms with Gasteiger partial charge in [0.25, 0.3) is 0 Å². The molecule has 1 aliphatic rings. The smallest absolute Gasteiger partial charge is 0.231 e. The number of carbonyl (C=O) groups is 1. The number of piperidine rings is 1. The van der Waals surface area contributed by atoms with Gasteiger partial charge in [0.1, 0.15) is 17.9 Å². The zero-order valence-electron chi connectivity index (χ0n) is 17.1. The Morgan fingerprint density at radius 1 is 1.28 bits per heavy atom. The number of nitrogens with one attached hydrogen (secondary N) is 1. The molecule has 0 radical (unpaired) electrons. The third-order valence-electron chi connectivity index (χ3n) is 5.66. The predicted octanol–water partition coefficient (Wildman–Crippen LogP) is 4.09. The first-order valence-electron chi connectivity index (χ1n) is 9.93. The van der Waals surface area contributed by atoms with Gasteiger partial charge in [-0.15, -0.1) is 11.8 Å². The lowest BCUT2D eigenvalue weighted by Crippen LogP contribution is -2.43. The number of aryl methyl sites for hydroxylation is 2. The molecule has 0 bridgehead atoms. The third kappa shape index (κ3) is 4.10. The monoisotopic (exact) mass is 410 g/mol. The minimum atomic E-state index is -0.0486. The number of aromatic nitrogens is 2. The highest BCUT2D eigenvalue weighted by Gasteiger charge is 2.28. The molecule has 29 heavy (non-hydrogen) atoms. The lowest BCUT2D eigenvalue weighted by atomic mass is 9.96. The van der Waals surface area contributed by atoms with Crippen molar-refractivity contribution in [2.24, 2.45) is 5.92 Å². The van der Waals surface area contributed by atoms with Crippen LogP contribution in [0.2, 0.25) is 0 Å². The maximum Gasteiger partial charge on any atom is 0.231 e. The molecule has 1 unspecified atom stereocenters. The van der Waals surface area contributed by atoms with E-state index in [1.54, 1.807) is 18.1 Å². The standard InChI is InChI=1S/C22H26N4O2S/c1-14-15(2)28-22-19(14)20(24-13-25-22)26-10-4-5-17(12-26)21(27)23-11-16-6-8-18(29-3)9-7-16/h6-9,13,17H,4-5,10-12H2,1-3H3,(H,23,27). The summed E-state index contributed by atoms with van der Waals surface area (Å²) in [5.41, 5.74) is 2.80. The summed E-state index contributed by atoms with van der Waals surface area (Å²) < 4.78 is 5.75. The van der Waals surface area contributed by atoms with Crippen molar-refractivity contribution in [1.29, 1.82) is 0 Å². The fourth-order valence-corrected chi connectivity index (χ4v) is 4.27. The molecular weight excluding hydrogens is 384 g/mol. The highest BCUT2D eigenvalue weighted by Crippen LogP contribution is 2.32. The largest absolute Gasteiger partial charge is 0.443 e. The van der Waals surface area contributed by atoms with Gasteiger partial charge in [0.05, 0.1) is 11.3 Å². The number of rotatable bonds is 5. The molecule has 1 saturated heterocycles. The lowest BCUT2D eigenvalue weighted by Gasteiger charge is -2.33.